The number of nitrogens with zero attached hydrogens (tertiary/aromatic N) is 1. The Kier molecular flexibility index (Phi) is 4.84. The van der Waals surface area contributed by atoms with Crippen molar-refractivity contribution in [1.82, 2.24) is 0 Å². The minimum atomic E-state index is -0.351. The van der Waals surface area contributed by atoms with Gasteiger partial charge in [-0.1, -0.05) is 0 Å². The predicted octanol–water partition coefficient (Wildman–Crippen LogP) is 2.06. The Morgan fingerprint density at radius 3 is 2.85 bits per heavy atom. The second-order valence-corrected chi connectivity index (χ2v) is 5.26. The summed E-state index contributed by atoms with van der Waals surface area (Å²) < 4.78 is 10.8. The molecule has 0 spiro atoms. The molecule has 1 fully saturated rings. The summed E-state index contributed by atoms with van der Waals surface area (Å²) in [6, 6.07) is 5.21. The highest BCUT2D eigenvalue weighted by Crippen LogP contribution is 2.23. The van der Waals surface area contributed by atoms with Gasteiger partial charge in [0.2, 0.25) is 0 Å². The number of esters is 1. The number of nitrogens with two attached hydrogens (primary N) is 1. The molecule has 1 aromatic rings. The van der Waals surface area contributed by atoms with E-state index in [0.717, 1.165) is 31.6 Å². The largest absolute Gasteiger partial charge is 0.459 e. The topological polar surface area (TPSA) is 64.8 Å². The first-order valence-electron chi connectivity index (χ1n) is 6.93. The molecule has 5 heteroatoms. The maximum absolute atomic E-state index is 12.0. The van der Waals surface area contributed by atoms with Gasteiger partial charge in [-0.3, -0.25) is 0 Å². The van der Waals surface area contributed by atoms with Crippen LogP contribution in [-0.2, 0) is 9.47 Å². The molecular formula is C15H22N2O3. The van der Waals surface area contributed by atoms with Crippen LogP contribution in [0.3, 0.4) is 0 Å². The Morgan fingerprint density at radius 1 is 1.45 bits per heavy atom. The Morgan fingerprint density at radius 2 is 2.25 bits per heavy atom. The van der Waals surface area contributed by atoms with Crippen molar-refractivity contribution in [2.45, 2.75) is 25.4 Å². The smallest absolute Gasteiger partial charge is 0.338 e. The fourth-order valence-electron chi connectivity index (χ4n) is 2.28. The number of hydrogen-bond donors (Lipinski definition) is 1. The van der Waals surface area contributed by atoms with Crippen molar-refractivity contribution in [1.29, 1.82) is 0 Å². The molecule has 110 valence electrons. The number of rotatable bonds is 4. The first-order chi connectivity index (χ1) is 9.58. The van der Waals surface area contributed by atoms with E-state index in [0.29, 0.717) is 17.9 Å². The van der Waals surface area contributed by atoms with Crippen LogP contribution < -0.4 is 10.6 Å². The monoisotopic (exact) mass is 278 g/mol. The van der Waals surface area contributed by atoms with E-state index in [1.54, 1.807) is 12.1 Å². The summed E-state index contributed by atoms with van der Waals surface area (Å²) in [7, 11) is 3.81. The Balaban J connectivity index is 1.93. The lowest BCUT2D eigenvalue weighted by molar-refractivity contribution is -0.0300. The number of benzene rings is 1. The van der Waals surface area contributed by atoms with Crippen molar-refractivity contribution < 1.29 is 14.3 Å². The van der Waals surface area contributed by atoms with E-state index in [-0.39, 0.29) is 12.1 Å². The molecule has 2 rings (SSSR count). The van der Waals surface area contributed by atoms with Crippen molar-refractivity contribution in [3.8, 4) is 0 Å². The third kappa shape index (κ3) is 3.63. The number of carbonyl (C=O) groups is 1. The molecule has 2 N–H and O–H groups in total. The fourth-order valence-corrected chi connectivity index (χ4v) is 2.28. The van der Waals surface area contributed by atoms with E-state index in [1.165, 1.54) is 0 Å². The van der Waals surface area contributed by atoms with Crippen LogP contribution >= 0.6 is 0 Å². The Labute approximate surface area is 119 Å². The minimum absolute atomic E-state index is 0.0334. The standard InChI is InChI=1S/C15H22N2O3/c1-17(2)14-7-6-11(9-13(14)16)15(18)20-10-12-5-3-4-8-19-12/h6-7,9,12H,3-5,8,10,16H2,1-2H3. The third-order valence-corrected chi connectivity index (χ3v) is 3.42. The molecule has 0 radical (unpaired) electrons. The lowest BCUT2D eigenvalue weighted by Crippen LogP contribution is -2.26. The molecule has 0 bridgehead atoms. The van der Waals surface area contributed by atoms with E-state index in [4.69, 9.17) is 15.2 Å². The van der Waals surface area contributed by atoms with Gasteiger partial charge in [0.1, 0.15) is 6.61 Å². The maximum atomic E-state index is 12.0. The van der Waals surface area contributed by atoms with Gasteiger partial charge >= 0.3 is 5.97 Å². The van der Waals surface area contributed by atoms with Crippen LogP contribution in [0.1, 0.15) is 29.6 Å². The quantitative estimate of drug-likeness (QED) is 0.674. The Bertz CT molecular complexity index is 468. The molecule has 1 aromatic carbocycles. The van der Waals surface area contributed by atoms with Gasteiger partial charge in [0.25, 0.3) is 0 Å². The normalized spacial score (nSPS) is 18.6. The van der Waals surface area contributed by atoms with E-state index in [2.05, 4.69) is 0 Å². The number of hydrogen-bond acceptors (Lipinski definition) is 5. The summed E-state index contributed by atoms with van der Waals surface area (Å²) in [5, 5.41) is 0. The molecule has 0 amide bonds. The van der Waals surface area contributed by atoms with Gasteiger partial charge in [0.05, 0.1) is 23.0 Å². The average Bonchev–Trinajstić information content (AvgIpc) is 2.45. The highest BCUT2D eigenvalue weighted by Gasteiger charge is 2.17. The second-order valence-electron chi connectivity index (χ2n) is 5.26. The molecule has 0 aliphatic carbocycles. The van der Waals surface area contributed by atoms with Crippen molar-refractivity contribution in [3.63, 3.8) is 0 Å². The van der Waals surface area contributed by atoms with Gasteiger partial charge in [0.15, 0.2) is 0 Å². The summed E-state index contributed by atoms with van der Waals surface area (Å²) in [6.45, 7) is 1.07. The molecule has 5 nitrogen and oxygen atoms in total. The molecule has 1 saturated heterocycles. The van der Waals surface area contributed by atoms with Crippen LogP contribution in [0, 0.1) is 0 Å². The summed E-state index contributed by atoms with van der Waals surface area (Å²) >= 11 is 0. The first kappa shape index (κ1) is 14.7. The second kappa shape index (κ2) is 6.61. The number of ether oxygens (including phenoxy) is 2. The lowest BCUT2D eigenvalue weighted by Gasteiger charge is -2.22. The first-order valence-corrected chi connectivity index (χ1v) is 6.93. The zero-order valence-corrected chi connectivity index (χ0v) is 12.1. The number of anilines is 2. The van der Waals surface area contributed by atoms with Crippen LogP contribution in [0.2, 0.25) is 0 Å². The van der Waals surface area contributed by atoms with E-state index in [1.807, 2.05) is 25.1 Å². The zero-order chi connectivity index (χ0) is 14.5. The fraction of sp³-hybridized carbons (Fsp3) is 0.533. The number of carbonyl (C=O) groups excluding carboxylic acids is 1. The minimum Gasteiger partial charge on any atom is -0.459 e. The van der Waals surface area contributed by atoms with E-state index < -0.39 is 0 Å². The van der Waals surface area contributed by atoms with Crippen LogP contribution in [0.5, 0.6) is 0 Å². The molecule has 1 unspecified atom stereocenters. The molecule has 1 aliphatic heterocycles. The molecule has 20 heavy (non-hydrogen) atoms. The summed E-state index contributed by atoms with van der Waals surface area (Å²) in [4.78, 5) is 13.9. The Hall–Kier alpha value is -1.75. The van der Waals surface area contributed by atoms with E-state index in [9.17, 15) is 4.79 Å². The molecule has 1 heterocycles. The third-order valence-electron chi connectivity index (χ3n) is 3.42. The van der Waals surface area contributed by atoms with Gasteiger partial charge in [-0.05, 0) is 37.5 Å². The predicted molar refractivity (Wildman–Crippen MR) is 79.1 cm³/mol. The van der Waals surface area contributed by atoms with Gasteiger partial charge in [-0.2, -0.15) is 0 Å². The van der Waals surface area contributed by atoms with Crippen molar-refractivity contribution in [2.24, 2.45) is 0 Å². The van der Waals surface area contributed by atoms with Crippen LogP contribution in [0.15, 0.2) is 18.2 Å². The van der Waals surface area contributed by atoms with Crippen LogP contribution in [0.4, 0.5) is 11.4 Å². The van der Waals surface area contributed by atoms with E-state index >= 15 is 0 Å². The van der Waals surface area contributed by atoms with Gasteiger partial charge < -0.3 is 20.1 Å². The SMILES string of the molecule is CN(C)c1ccc(C(=O)OCC2CCCCO2)cc1N. The summed E-state index contributed by atoms with van der Waals surface area (Å²) in [6.07, 6.45) is 3.21. The highest BCUT2D eigenvalue weighted by atomic mass is 16.6. The van der Waals surface area contributed by atoms with Gasteiger partial charge in [-0.15, -0.1) is 0 Å². The van der Waals surface area contributed by atoms with Crippen molar-refractivity contribution in [2.75, 3.05) is 37.9 Å². The van der Waals surface area contributed by atoms with Crippen molar-refractivity contribution >= 4 is 17.3 Å². The molecular weight excluding hydrogens is 256 g/mol. The maximum Gasteiger partial charge on any atom is 0.338 e. The molecule has 1 aliphatic rings. The summed E-state index contributed by atoms with van der Waals surface area (Å²) in [5.41, 5.74) is 7.85. The van der Waals surface area contributed by atoms with Crippen LogP contribution in [-0.4, -0.2) is 39.4 Å². The molecule has 0 saturated carbocycles. The van der Waals surface area contributed by atoms with Gasteiger partial charge in [-0.25, -0.2) is 4.79 Å². The van der Waals surface area contributed by atoms with Gasteiger partial charge in [0, 0.05) is 20.7 Å². The molecule has 0 aromatic heterocycles. The zero-order valence-electron chi connectivity index (χ0n) is 12.1. The van der Waals surface area contributed by atoms with Crippen LogP contribution in [0.25, 0.3) is 0 Å². The number of nitrogen functional groups attached to an aromatic ring is 1. The van der Waals surface area contributed by atoms with Crippen molar-refractivity contribution in [3.05, 3.63) is 23.8 Å². The lowest BCUT2D eigenvalue weighted by atomic mass is 10.1. The summed E-state index contributed by atoms with van der Waals surface area (Å²) in [5.74, 6) is -0.351. The average molecular weight is 278 g/mol. The highest BCUT2D eigenvalue weighted by molar-refractivity contribution is 5.92. The molecule has 1 atom stereocenters.